The molecule has 0 amide bonds. The van der Waals surface area contributed by atoms with Crippen LogP contribution in [0.4, 0.5) is 0 Å². The van der Waals surface area contributed by atoms with Gasteiger partial charge in [-0.05, 0) is 6.92 Å². The molecular weight excluding hydrogens is 154 g/mol. The van der Waals surface area contributed by atoms with Crippen LogP contribution < -0.4 is 0 Å². The van der Waals surface area contributed by atoms with Crippen molar-refractivity contribution in [1.82, 2.24) is 25.0 Å². The first-order valence-electron chi connectivity index (χ1n) is 3.51. The fraction of sp³-hybridized carbons (Fsp3) is 0.143. The van der Waals surface area contributed by atoms with E-state index in [1.165, 1.54) is 4.80 Å². The molecule has 0 fully saturated rings. The third-order valence-electron chi connectivity index (χ3n) is 1.39. The Bertz CT molecular complexity index is 350. The molecule has 0 saturated heterocycles. The highest BCUT2D eigenvalue weighted by Gasteiger charge is 1.97. The minimum atomic E-state index is 0.630. The van der Waals surface area contributed by atoms with Gasteiger partial charge in [-0.1, -0.05) is 0 Å². The SMILES string of the molecule is Cc1cnc(-n2nccn2)cn1. The molecule has 0 radical (unpaired) electrons. The quantitative estimate of drug-likeness (QED) is 0.606. The second-order valence-electron chi connectivity index (χ2n) is 2.33. The zero-order valence-corrected chi connectivity index (χ0v) is 6.55. The zero-order chi connectivity index (χ0) is 8.39. The van der Waals surface area contributed by atoms with Crippen LogP contribution in [0.1, 0.15) is 5.69 Å². The highest BCUT2D eigenvalue weighted by atomic mass is 15.5. The summed E-state index contributed by atoms with van der Waals surface area (Å²) in [5.41, 5.74) is 0.880. The van der Waals surface area contributed by atoms with Crippen molar-refractivity contribution in [2.75, 3.05) is 0 Å². The van der Waals surface area contributed by atoms with Gasteiger partial charge in [0.05, 0.1) is 30.5 Å². The first kappa shape index (κ1) is 6.90. The van der Waals surface area contributed by atoms with Gasteiger partial charge < -0.3 is 0 Å². The van der Waals surface area contributed by atoms with Crippen molar-refractivity contribution in [3.8, 4) is 5.82 Å². The lowest BCUT2D eigenvalue weighted by molar-refractivity contribution is 0.722. The summed E-state index contributed by atoms with van der Waals surface area (Å²) in [5, 5.41) is 7.84. The van der Waals surface area contributed by atoms with Crippen LogP contribution in [0.2, 0.25) is 0 Å². The summed E-state index contributed by atoms with van der Waals surface area (Å²) >= 11 is 0. The van der Waals surface area contributed by atoms with E-state index >= 15 is 0 Å². The number of aromatic nitrogens is 5. The molecule has 5 heteroatoms. The number of nitrogens with zero attached hydrogens (tertiary/aromatic N) is 5. The Hall–Kier alpha value is -1.78. The molecule has 2 aromatic heterocycles. The topological polar surface area (TPSA) is 56.5 Å². The highest BCUT2D eigenvalue weighted by molar-refractivity contribution is 5.13. The summed E-state index contributed by atoms with van der Waals surface area (Å²) < 4.78 is 0. The Morgan fingerprint density at radius 3 is 2.42 bits per heavy atom. The van der Waals surface area contributed by atoms with Crippen LogP contribution in [0.25, 0.3) is 5.82 Å². The molecule has 0 aliphatic rings. The Kier molecular flexibility index (Phi) is 1.55. The molecule has 0 bridgehead atoms. The molecule has 0 saturated carbocycles. The molecule has 0 aliphatic carbocycles. The van der Waals surface area contributed by atoms with Gasteiger partial charge in [0.25, 0.3) is 0 Å². The van der Waals surface area contributed by atoms with Crippen molar-refractivity contribution in [2.24, 2.45) is 0 Å². The number of hydrogen-bond donors (Lipinski definition) is 0. The zero-order valence-electron chi connectivity index (χ0n) is 6.55. The fourth-order valence-electron chi connectivity index (χ4n) is 0.823. The first-order valence-corrected chi connectivity index (χ1v) is 3.51. The van der Waals surface area contributed by atoms with Gasteiger partial charge in [-0.15, -0.1) is 4.80 Å². The van der Waals surface area contributed by atoms with Gasteiger partial charge in [-0.25, -0.2) is 4.98 Å². The van der Waals surface area contributed by atoms with Crippen LogP contribution >= 0.6 is 0 Å². The number of rotatable bonds is 1. The molecule has 2 aromatic rings. The van der Waals surface area contributed by atoms with E-state index in [0.717, 1.165) is 5.69 Å². The summed E-state index contributed by atoms with van der Waals surface area (Å²) in [6.45, 7) is 1.88. The summed E-state index contributed by atoms with van der Waals surface area (Å²) in [4.78, 5) is 9.59. The van der Waals surface area contributed by atoms with Gasteiger partial charge in [0.2, 0.25) is 0 Å². The minimum absolute atomic E-state index is 0.630. The Balaban J connectivity index is 2.43. The van der Waals surface area contributed by atoms with Gasteiger partial charge in [0, 0.05) is 0 Å². The molecule has 2 heterocycles. The van der Waals surface area contributed by atoms with E-state index in [1.807, 2.05) is 6.92 Å². The maximum absolute atomic E-state index is 4.10. The van der Waals surface area contributed by atoms with Crippen molar-refractivity contribution >= 4 is 0 Å². The molecule has 0 aromatic carbocycles. The summed E-state index contributed by atoms with van der Waals surface area (Å²) in [6, 6.07) is 0. The molecule has 0 N–H and O–H groups in total. The van der Waals surface area contributed by atoms with Crippen LogP contribution in [0.3, 0.4) is 0 Å². The van der Waals surface area contributed by atoms with Gasteiger partial charge in [0.15, 0.2) is 5.82 Å². The number of hydrogen-bond acceptors (Lipinski definition) is 4. The molecule has 5 nitrogen and oxygen atoms in total. The smallest absolute Gasteiger partial charge is 0.192 e. The standard InChI is InChI=1S/C7H7N5/c1-6-4-9-7(5-8-6)12-10-2-3-11-12/h2-5H,1H3. The van der Waals surface area contributed by atoms with Gasteiger partial charge in [-0.3, -0.25) is 4.98 Å². The van der Waals surface area contributed by atoms with E-state index < -0.39 is 0 Å². The third kappa shape index (κ3) is 1.16. The molecule has 0 spiro atoms. The maximum atomic E-state index is 4.10. The lowest BCUT2D eigenvalue weighted by Crippen LogP contribution is -2.02. The van der Waals surface area contributed by atoms with Crippen molar-refractivity contribution in [3.05, 3.63) is 30.5 Å². The molecule has 60 valence electrons. The fourth-order valence-corrected chi connectivity index (χ4v) is 0.823. The normalized spacial score (nSPS) is 10.1. The predicted octanol–water partition coefficient (Wildman–Crippen LogP) is 0.366. The van der Waals surface area contributed by atoms with Crippen LogP contribution in [0.15, 0.2) is 24.8 Å². The summed E-state index contributed by atoms with van der Waals surface area (Å²) in [5.74, 6) is 0.630. The van der Waals surface area contributed by atoms with E-state index in [-0.39, 0.29) is 0 Å². The molecule has 0 aliphatic heterocycles. The average Bonchev–Trinajstić information content (AvgIpc) is 2.58. The molecule has 0 atom stereocenters. The van der Waals surface area contributed by atoms with E-state index in [1.54, 1.807) is 24.8 Å². The second kappa shape index (κ2) is 2.69. The van der Waals surface area contributed by atoms with Gasteiger partial charge in [-0.2, -0.15) is 10.2 Å². The van der Waals surface area contributed by atoms with Crippen molar-refractivity contribution in [1.29, 1.82) is 0 Å². The van der Waals surface area contributed by atoms with E-state index in [0.29, 0.717) is 5.82 Å². The van der Waals surface area contributed by atoms with Gasteiger partial charge in [0.1, 0.15) is 0 Å². The van der Waals surface area contributed by atoms with Crippen molar-refractivity contribution < 1.29 is 0 Å². The third-order valence-corrected chi connectivity index (χ3v) is 1.39. The molecular formula is C7H7N5. The predicted molar refractivity (Wildman–Crippen MR) is 41.7 cm³/mol. The highest BCUT2D eigenvalue weighted by Crippen LogP contribution is 1.96. The van der Waals surface area contributed by atoms with Crippen molar-refractivity contribution in [3.63, 3.8) is 0 Å². The lowest BCUT2D eigenvalue weighted by Gasteiger charge is -1.96. The maximum Gasteiger partial charge on any atom is 0.192 e. The van der Waals surface area contributed by atoms with Crippen LogP contribution in [-0.4, -0.2) is 25.0 Å². The van der Waals surface area contributed by atoms with Crippen LogP contribution in [0.5, 0.6) is 0 Å². The minimum Gasteiger partial charge on any atom is -0.256 e. The lowest BCUT2D eigenvalue weighted by atomic mass is 10.5. The first-order chi connectivity index (χ1) is 5.86. The Morgan fingerprint density at radius 2 is 1.83 bits per heavy atom. The Labute approximate surface area is 69.1 Å². The van der Waals surface area contributed by atoms with E-state index in [4.69, 9.17) is 0 Å². The summed E-state index contributed by atoms with van der Waals surface area (Å²) in [7, 11) is 0. The van der Waals surface area contributed by atoms with Crippen molar-refractivity contribution in [2.45, 2.75) is 6.92 Å². The Morgan fingerprint density at radius 1 is 1.08 bits per heavy atom. The van der Waals surface area contributed by atoms with Crippen LogP contribution in [0, 0.1) is 6.92 Å². The summed E-state index contributed by atoms with van der Waals surface area (Å²) in [6.07, 6.45) is 6.51. The molecule has 12 heavy (non-hydrogen) atoms. The average molecular weight is 161 g/mol. The van der Waals surface area contributed by atoms with E-state index in [9.17, 15) is 0 Å². The second-order valence-corrected chi connectivity index (χ2v) is 2.33. The number of aryl methyl sites for hydroxylation is 1. The molecule has 0 unspecified atom stereocenters. The largest absolute Gasteiger partial charge is 0.256 e. The van der Waals surface area contributed by atoms with Crippen LogP contribution in [-0.2, 0) is 0 Å². The molecule has 2 rings (SSSR count). The van der Waals surface area contributed by atoms with Gasteiger partial charge >= 0.3 is 0 Å². The van der Waals surface area contributed by atoms with E-state index in [2.05, 4.69) is 20.2 Å². The monoisotopic (exact) mass is 161 g/mol.